The number of halogens is 1. The van der Waals surface area contributed by atoms with Crippen LogP contribution in [0, 0.1) is 0 Å². The zero-order valence-corrected chi connectivity index (χ0v) is 18.3. The summed E-state index contributed by atoms with van der Waals surface area (Å²) in [6, 6.07) is 13.5. The molecule has 3 rings (SSSR count). The van der Waals surface area contributed by atoms with Crippen molar-refractivity contribution in [2.75, 3.05) is 19.0 Å². The second-order valence-corrected chi connectivity index (χ2v) is 8.16. The number of nitrogens with one attached hydrogen (secondary N) is 1. The summed E-state index contributed by atoms with van der Waals surface area (Å²) in [6.07, 6.45) is 0. The summed E-state index contributed by atoms with van der Waals surface area (Å²) >= 11 is 4.87. The molecule has 0 fully saturated rings. The van der Waals surface area contributed by atoms with Gasteiger partial charge in [-0.2, -0.15) is 0 Å². The first-order valence-electron chi connectivity index (χ1n) is 8.78. The quantitative estimate of drug-likeness (QED) is 0.489. The number of hydrogen-bond donors (Lipinski definition) is 1. The number of carbonyl (C=O) groups excluding carboxylic acids is 1. The number of aromatic nitrogens is 1. The Morgan fingerprint density at radius 2 is 1.96 bits per heavy atom. The van der Waals surface area contributed by atoms with Gasteiger partial charge in [-0.15, -0.1) is 11.3 Å². The van der Waals surface area contributed by atoms with E-state index in [1.54, 1.807) is 7.11 Å². The van der Waals surface area contributed by atoms with Crippen LogP contribution in [0.3, 0.4) is 0 Å². The number of methoxy groups -OCH3 is 1. The van der Waals surface area contributed by atoms with Gasteiger partial charge in [-0.3, -0.25) is 10.1 Å². The van der Waals surface area contributed by atoms with E-state index in [4.69, 9.17) is 9.47 Å². The number of nitrogens with zero attached hydrogens (tertiary/aromatic N) is 1. The van der Waals surface area contributed by atoms with Gasteiger partial charge >= 0.3 is 0 Å². The van der Waals surface area contributed by atoms with E-state index in [2.05, 4.69) is 40.1 Å². The van der Waals surface area contributed by atoms with E-state index < -0.39 is 0 Å². The minimum absolute atomic E-state index is 0.0862. The zero-order valence-electron chi connectivity index (χ0n) is 15.9. The molecule has 0 bridgehead atoms. The van der Waals surface area contributed by atoms with Crippen molar-refractivity contribution in [1.82, 2.24) is 4.98 Å². The molecule has 2 aromatic carbocycles. The molecule has 0 saturated carbocycles. The van der Waals surface area contributed by atoms with Crippen molar-refractivity contribution in [2.45, 2.75) is 19.8 Å². The molecule has 0 atom stereocenters. The van der Waals surface area contributed by atoms with Gasteiger partial charge in [0, 0.05) is 10.9 Å². The Balaban J connectivity index is 1.57. The fourth-order valence-corrected chi connectivity index (χ4v) is 3.76. The topological polar surface area (TPSA) is 60.5 Å². The second kappa shape index (κ2) is 9.21. The number of hydrogen-bond acceptors (Lipinski definition) is 5. The van der Waals surface area contributed by atoms with Crippen molar-refractivity contribution in [3.63, 3.8) is 0 Å². The van der Waals surface area contributed by atoms with Crippen LogP contribution in [0.25, 0.3) is 11.3 Å². The second-order valence-electron chi connectivity index (χ2n) is 6.45. The Morgan fingerprint density at radius 3 is 2.61 bits per heavy atom. The molecule has 0 radical (unpaired) electrons. The van der Waals surface area contributed by atoms with E-state index in [-0.39, 0.29) is 12.5 Å². The van der Waals surface area contributed by atoms with Crippen molar-refractivity contribution in [3.05, 3.63) is 57.9 Å². The fraction of sp³-hybridized carbons (Fsp3) is 0.238. The summed E-state index contributed by atoms with van der Waals surface area (Å²) < 4.78 is 11.6. The molecule has 3 aromatic rings. The standard InChI is InChI=1S/C21H21BrN2O3S/c1-13(2)15-6-9-19(17(22)10-15)27-11-20(25)24-21-23-18(12-28-21)14-4-7-16(26-3)8-5-14/h4-10,12-13H,11H2,1-3H3,(H,23,24,25). The average Bonchev–Trinajstić information content (AvgIpc) is 3.15. The molecule has 0 aliphatic heterocycles. The van der Waals surface area contributed by atoms with Crippen molar-refractivity contribution >= 4 is 38.3 Å². The molecule has 146 valence electrons. The van der Waals surface area contributed by atoms with Gasteiger partial charge in [0.1, 0.15) is 11.5 Å². The molecule has 1 amide bonds. The van der Waals surface area contributed by atoms with Crippen molar-refractivity contribution in [3.8, 4) is 22.8 Å². The number of rotatable bonds is 7. The Labute approximate surface area is 176 Å². The van der Waals surface area contributed by atoms with Gasteiger partial charge in [0.15, 0.2) is 11.7 Å². The minimum Gasteiger partial charge on any atom is -0.497 e. The summed E-state index contributed by atoms with van der Waals surface area (Å²) in [7, 11) is 1.63. The highest BCUT2D eigenvalue weighted by atomic mass is 79.9. The molecular formula is C21H21BrN2O3S. The Morgan fingerprint density at radius 1 is 1.21 bits per heavy atom. The first-order chi connectivity index (χ1) is 13.5. The number of thiazole rings is 1. The van der Waals surface area contributed by atoms with Gasteiger partial charge in [0.2, 0.25) is 0 Å². The Kier molecular flexibility index (Phi) is 6.70. The van der Waals surface area contributed by atoms with Crippen LogP contribution in [-0.4, -0.2) is 24.6 Å². The molecule has 0 aliphatic carbocycles. The van der Waals surface area contributed by atoms with Gasteiger partial charge in [-0.25, -0.2) is 4.98 Å². The number of amides is 1. The van der Waals surface area contributed by atoms with Gasteiger partial charge < -0.3 is 9.47 Å². The smallest absolute Gasteiger partial charge is 0.264 e. The van der Waals surface area contributed by atoms with Gasteiger partial charge in [0.25, 0.3) is 5.91 Å². The first-order valence-corrected chi connectivity index (χ1v) is 10.5. The van der Waals surface area contributed by atoms with E-state index in [1.807, 2.05) is 47.8 Å². The molecule has 7 heteroatoms. The molecule has 0 spiro atoms. The number of benzene rings is 2. The van der Waals surface area contributed by atoms with Gasteiger partial charge in [-0.05, 0) is 63.8 Å². The minimum atomic E-state index is -0.254. The molecule has 1 N–H and O–H groups in total. The average molecular weight is 461 g/mol. The summed E-state index contributed by atoms with van der Waals surface area (Å²) in [5.74, 6) is 1.60. The highest BCUT2D eigenvalue weighted by Crippen LogP contribution is 2.29. The van der Waals surface area contributed by atoms with Crippen LogP contribution in [0.2, 0.25) is 0 Å². The lowest BCUT2D eigenvalue weighted by molar-refractivity contribution is -0.118. The van der Waals surface area contributed by atoms with Crippen molar-refractivity contribution in [2.24, 2.45) is 0 Å². The first kappa shape index (κ1) is 20.4. The maximum atomic E-state index is 12.2. The van der Waals surface area contributed by atoms with Crippen LogP contribution in [0.4, 0.5) is 5.13 Å². The highest BCUT2D eigenvalue weighted by molar-refractivity contribution is 9.10. The normalized spacial score (nSPS) is 10.8. The Hall–Kier alpha value is -2.38. The molecular weight excluding hydrogens is 440 g/mol. The summed E-state index contributed by atoms with van der Waals surface area (Å²) in [6.45, 7) is 4.17. The third-order valence-corrected chi connectivity index (χ3v) is 5.50. The lowest BCUT2D eigenvalue weighted by Gasteiger charge is -2.11. The monoisotopic (exact) mass is 460 g/mol. The van der Waals surface area contributed by atoms with Crippen LogP contribution >= 0.6 is 27.3 Å². The summed E-state index contributed by atoms with van der Waals surface area (Å²) in [4.78, 5) is 16.7. The SMILES string of the molecule is COc1ccc(-c2csc(NC(=O)COc3ccc(C(C)C)cc3Br)n2)cc1. The third kappa shape index (κ3) is 5.11. The van der Waals surface area contributed by atoms with Gasteiger partial charge in [-0.1, -0.05) is 19.9 Å². The number of carbonyl (C=O) groups is 1. The maximum Gasteiger partial charge on any atom is 0.264 e. The largest absolute Gasteiger partial charge is 0.497 e. The number of anilines is 1. The molecule has 1 aromatic heterocycles. The van der Waals surface area contributed by atoms with Crippen LogP contribution in [0.1, 0.15) is 25.3 Å². The predicted molar refractivity (Wildman–Crippen MR) is 116 cm³/mol. The van der Waals surface area contributed by atoms with Crippen LogP contribution in [-0.2, 0) is 4.79 Å². The lowest BCUT2D eigenvalue weighted by atomic mass is 10.0. The molecule has 1 heterocycles. The summed E-state index contributed by atoms with van der Waals surface area (Å²) in [5, 5.41) is 5.22. The maximum absolute atomic E-state index is 12.2. The highest BCUT2D eigenvalue weighted by Gasteiger charge is 2.11. The van der Waals surface area contributed by atoms with Gasteiger partial charge in [0.05, 0.1) is 17.3 Å². The number of ether oxygens (including phenoxy) is 2. The van der Waals surface area contributed by atoms with Crippen LogP contribution in [0.5, 0.6) is 11.5 Å². The van der Waals surface area contributed by atoms with E-state index in [0.717, 1.165) is 21.5 Å². The predicted octanol–water partition coefficient (Wildman–Crippen LogP) is 5.72. The van der Waals surface area contributed by atoms with Crippen molar-refractivity contribution in [1.29, 1.82) is 0 Å². The van der Waals surface area contributed by atoms with Crippen molar-refractivity contribution < 1.29 is 14.3 Å². The fourth-order valence-electron chi connectivity index (χ4n) is 2.52. The van der Waals surface area contributed by atoms with Crippen LogP contribution < -0.4 is 14.8 Å². The molecule has 0 aliphatic rings. The Bertz CT molecular complexity index is 955. The third-order valence-electron chi connectivity index (χ3n) is 4.12. The molecule has 28 heavy (non-hydrogen) atoms. The van der Waals surface area contributed by atoms with E-state index in [1.165, 1.54) is 16.9 Å². The molecule has 0 saturated heterocycles. The lowest BCUT2D eigenvalue weighted by Crippen LogP contribution is -2.20. The van der Waals surface area contributed by atoms with Crippen LogP contribution in [0.15, 0.2) is 52.3 Å². The zero-order chi connectivity index (χ0) is 20.1. The molecule has 0 unspecified atom stereocenters. The van der Waals surface area contributed by atoms with E-state index >= 15 is 0 Å². The van der Waals surface area contributed by atoms with E-state index in [9.17, 15) is 4.79 Å². The molecule has 5 nitrogen and oxygen atoms in total. The van der Waals surface area contributed by atoms with E-state index in [0.29, 0.717) is 16.8 Å². The summed E-state index contributed by atoms with van der Waals surface area (Å²) in [5.41, 5.74) is 2.97.